The number of para-hydroxylation sites is 1. The van der Waals surface area contributed by atoms with Gasteiger partial charge in [-0.25, -0.2) is 4.98 Å². The van der Waals surface area contributed by atoms with Crippen LogP contribution < -0.4 is 20.3 Å². The van der Waals surface area contributed by atoms with Crippen LogP contribution in [0.2, 0.25) is 0 Å². The van der Waals surface area contributed by atoms with Gasteiger partial charge in [-0.05, 0) is 43.5 Å². The van der Waals surface area contributed by atoms with Gasteiger partial charge in [0.05, 0.1) is 31.7 Å². The van der Waals surface area contributed by atoms with Crippen molar-refractivity contribution in [1.29, 1.82) is 0 Å². The van der Waals surface area contributed by atoms with Crippen LogP contribution in [0.15, 0.2) is 51.9 Å². The fourth-order valence-electron chi connectivity index (χ4n) is 3.95. The second-order valence-corrected chi connectivity index (χ2v) is 7.47. The van der Waals surface area contributed by atoms with Crippen molar-refractivity contribution in [1.82, 2.24) is 19.7 Å². The number of anilines is 1. The van der Waals surface area contributed by atoms with Crippen molar-refractivity contribution in [2.24, 2.45) is 0 Å². The number of aromatic amines is 1. The predicted molar refractivity (Wildman–Crippen MR) is 119 cm³/mol. The highest BCUT2D eigenvalue weighted by molar-refractivity contribution is 6.06. The maximum Gasteiger partial charge on any atom is 0.260 e. The molecule has 0 saturated carbocycles. The third kappa shape index (κ3) is 3.65. The molecule has 0 aliphatic heterocycles. The van der Waals surface area contributed by atoms with Crippen LogP contribution >= 0.6 is 0 Å². The Morgan fingerprint density at radius 1 is 1.18 bits per heavy atom. The average molecular weight is 447 g/mol. The predicted octanol–water partition coefficient (Wildman–Crippen LogP) is 2.97. The van der Waals surface area contributed by atoms with Crippen molar-refractivity contribution in [3.05, 3.63) is 69.8 Å². The molecule has 4 aromatic rings. The molecule has 0 bridgehead atoms. The molecule has 0 saturated heterocycles. The first-order chi connectivity index (χ1) is 16.1. The van der Waals surface area contributed by atoms with Crippen LogP contribution in [0, 0.1) is 0 Å². The highest BCUT2D eigenvalue weighted by atomic mass is 16.5. The molecular formula is C23H21N5O5. The number of rotatable bonds is 6. The van der Waals surface area contributed by atoms with E-state index in [1.165, 1.54) is 25.2 Å². The lowest BCUT2D eigenvalue weighted by Gasteiger charge is -2.13. The third-order valence-corrected chi connectivity index (χ3v) is 5.50. The first kappa shape index (κ1) is 20.6. The molecule has 2 N–H and O–H groups in total. The first-order valence-corrected chi connectivity index (χ1v) is 10.4. The first-order valence-electron chi connectivity index (χ1n) is 10.4. The van der Waals surface area contributed by atoms with E-state index in [2.05, 4.69) is 20.4 Å². The van der Waals surface area contributed by atoms with Gasteiger partial charge in [-0.2, -0.15) is 9.78 Å². The van der Waals surface area contributed by atoms with Crippen LogP contribution in [0.4, 0.5) is 5.82 Å². The van der Waals surface area contributed by atoms with E-state index in [1.54, 1.807) is 36.4 Å². The second-order valence-electron chi connectivity index (χ2n) is 7.47. The average Bonchev–Trinajstić information content (AvgIpc) is 3.58. The number of carbonyl (C=O) groups is 1. The molecule has 33 heavy (non-hydrogen) atoms. The zero-order chi connectivity index (χ0) is 22.9. The number of nitrogens with one attached hydrogen (secondary N) is 2. The second kappa shape index (κ2) is 8.30. The van der Waals surface area contributed by atoms with Crippen molar-refractivity contribution >= 4 is 11.7 Å². The van der Waals surface area contributed by atoms with Gasteiger partial charge in [-0.15, -0.1) is 0 Å². The molecule has 1 amide bonds. The number of carbonyl (C=O) groups excluding carboxylic acids is 1. The zero-order valence-corrected chi connectivity index (χ0v) is 18.0. The summed E-state index contributed by atoms with van der Waals surface area (Å²) in [5, 5.41) is 7.38. The normalized spacial score (nSPS) is 12.4. The molecular weight excluding hydrogens is 426 g/mol. The van der Waals surface area contributed by atoms with Crippen LogP contribution in [-0.4, -0.2) is 39.9 Å². The number of furan rings is 1. The van der Waals surface area contributed by atoms with Gasteiger partial charge < -0.3 is 19.2 Å². The zero-order valence-electron chi connectivity index (χ0n) is 18.0. The van der Waals surface area contributed by atoms with Gasteiger partial charge in [0.15, 0.2) is 17.3 Å². The number of ether oxygens (including phenoxy) is 2. The van der Waals surface area contributed by atoms with Crippen molar-refractivity contribution in [3.63, 3.8) is 0 Å². The van der Waals surface area contributed by atoms with Crippen LogP contribution in [0.25, 0.3) is 17.4 Å². The van der Waals surface area contributed by atoms with Gasteiger partial charge in [-0.1, -0.05) is 6.07 Å². The summed E-state index contributed by atoms with van der Waals surface area (Å²) in [6.45, 7) is 0. The summed E-state index contributed by atoms with van der Waals surface area (Å²) < 4.78 is 17.5. The maximum absolute atomic E-state index is 13.2. The van der Waals surface area contributed by atoms with Gasteiger partial charge >= 0.3 is 0 Å². The maximum atomic E-state index is 13.2. The molecule has 10 nitrogen and oxygen atoms in total. The van der Waals surface area contributed by atoms with Crippen LogP contribution in [0.5, 0.6) is 11.5 Å². The van der Waals surface area contributed by atoms with E-state index in [0.717, 1.165) is 18.5 Å². The largest absolute Gasteiger partial charge is 0.493 e. The fraction of sp³-hybridized carbons (Fsp3) is 0.217. The lowest BCUT2D eigenvalue weighted by atomic mass is 10.1. The minimum atomic E-state index is -0.443. The number of fused-ring (bicyclic) bond motifs is 1. The molecule has 3 aromatic heterocycles. The lowest BCUT2D eigenvalue weighted by Crippen LogP contribution is -2.21. The Labute approximate surface area is 188 Å². The summed E-state index contributed by atoms with van der Waals surface area (Å²) in [4.78, 5) is 33.2. The van der Waals surface area contributed by atoms with E-state index in [9.17, 15) is 9.59 Å². The smallest absolute Gasteiger partial charge is 0.260 e. The molecule has 3 heterocycles. The van der Waals surface area contributed by atoms with Crippen LogP contribution in [-0.2, 0) is 12.8 Å². The van der Waals surface area contributed by atoms with E-state index in [1.807, 2.05) is 0 Å². The number of benzene rings is 1. The van der Waals surface area contributed by atoms with Gasteiger partial charge in [0.25, 0.3) is 11.5 Å². The summed E-state index contributed by atoms with van der Waals surface area (Å²) in [5.41, 5.74) is 1.99. The number of hydrogen-bond donors (Lipinski definition) is 2. The Kier molecular flexibility index (Phi) is 5.17. The number of aryl methyl sites for hydroxylation is 1. The molecule has 0 atom stereocenters. The van der Waals surface area contributed by atoms with Crippen molar-refractivity contribution < 1.29 is 18.7 Å². The third-order valence-electron chi connectivity index (χ3n) is 5.50. The number of H-pyrrole nitrogens is 1. The topological polar surface area (TPSA) is 124 Å². The molecule has 10 heteroatoms. The van der Waals surface area contributed by atoms with Crippen molar-refractivity contribution in [3.8, 4) is 28.9 Å². The van der Waals surface area contributed by atoms with Gasteiger partial charge in [0, 0.05) is 11.6 Å². The fourth-order valence-corrected chi connectivity index (χ4v) is 3.95. The Hall–Kier alpha value is -4.34. The highest BCUT2D eigenvalue weighted by Gasteiger charge is 2.23. The summed E-state index contributed by atoms with van der Waals surface area (Å²) in [7, 11) is 2.97. The van der Waals surface area contributed by atoms with E-state index in [4.69, 9.17) is 13.9 Å². The monoisotopic (exact) mass is 447 g/mol. The van der Waals surface area contributed by atoms with Gasteiger partial charge in [0.2, 0.25) is 5.95 Å². The molecule has 0 spiro atoms. The van der Waals surface area contributed by atoms with E-state index < -0.39 is 5.91 Å². The standard InChI is InChI=1S/C23H21N5O5/c1-31-18-9-4-7-14(20(18)32-2)22(30)25-19-12-16(17-10-5-11-33-17)27-28(19)23-24-15-8-3-6-13(15)21(29)26-23/h4-5,7,9-12H,3,6,8H2,1-2H3,(H,25,30)(H,24,26,29). The number of nitrogens with zero attached hydrogens (tertiary/aromatic N) is 3. The van der Waals surface area contributed by atoms with Crippen LogP contribution in [0.1, 0.15) is 28.0 Å². The molecule has 5 rings (SSSR count). The number of aromatic nitrogens is 4. The van der Waals surface area contributed by atoms with Gasteiger partial charge in [0.1, 0.15) is 11.5 Å². The summed E-state index contributed by atoms with van der Waals surface area (Å²) in [6, 6.07) is 10.2. The molecule has 0 fully saturated rings. The molecule has 1 aliphatic carbocycles. The van der Waals surface area contributed by atoms with Crippen LogP contribution in [0.3, 0.4) is 0 Å². The van der Waals surface area contributed by atoms with E-state index >= 15 is 0 Å². The Bertz CT molecular complexity index is 1390. The van der Waals surface area contributed by atoms with E-state index in [-0.39, 0.29) is 17.1 Å². The van der Waals surface area contributed by atoms with Crippen molar-refractivity contribution in [2.45, 2.75) is 19.3 Å². The van der Waals surface area contributed by atoms with E-state index in [0.29, 0.717) is 40.8 Å². The molecule has 0 radical (unpaired) electrons. The molecule has 168 valence electrons. The summed E-state index contributed by atoms with van der Waals surface area (Å²) >= 11 is 0. The van der Waals surface area contributed by atoms with Gasteiger partial charge in [-0.3, -0.25) is 14.6 Å². The number of methoxy groups -OCH3 is 2. The Morgan fingerprint density at radius 2 is 2.06 bits per heavy atom. The Balaban J connectivity index is 1.59. The lowest BCUT2D eigenvalue weighted by molar-refractivity contribution is 0.102. The molecule has 1 aliphatic rings. The minimum Gasteiger partial charge on any atom is -0.493 e. The highest BCUT2D eigenvalue weighted by Crippen LogP contribution is 2.32. The number of hydrogen-bond acceptors (Lipinski definition) is 7. The molecule has 0 unspecified atom stereocenters. The summed E-state index contributed by atoms with van der Waals surface area (Å²) in [5.74, 6) is 1.32. The molecule has 1 aromatic carbocycles. The minimum absolute atomic E-state index is 0.200. The quantitative estimate of drug-likeness (QED) is 0.466. The summed E-state index contributed by atoms with van der Waals surface area (Å²) in [6.07, 6.45) is 3.84. The SMILES string of the molecule is COc1cccc(C(=O)Nc2cc(-c3ccco3)nn2-c2nc3c(c(=O)[nH]2)CCC3)c1OC. The number of amides is 1. The Morgan fingerprint density at radius 3 is 2.82 bits per heavy atom. The van der Waals surface area contributed by atoms with Crippen molar-refractivity contribution in [2.75, 3.05) is 19.5 Å².